The third kappa shape index (κ3) is 4.42. The zero-order chi connectivity index (χ0) is 21.1. The lowest BCUT2D eigenvalue weighted by Gasteiger charge is -2.11. The Balaban J connectivity index is 2.14. The molecule has 29 heavy (non-hydrogen) atoms. The number of nitrogens with one attached hydrogen (secondary N) is 1. The molecule has 0 atom stereocenters. The molecule has 0 spiro atoms. The van der Waals surface area contributed by atoms with E-state index in [0.29, 0.717) is 5.39 Å². The second kappa shape index (κ2) is 8.64. The quantitative estimate of drug-likeness (QED) is 0.395. The van der Waals surface area contributed by atoms with E-state index < -0.39 is 17.9 Å². The van der Waals surface area contributed by atoms with Crippen LogP contribution < -0.4 is 10.1 Å². The molecule has 152 valence electrons. The number of halogens is 2. The van der Waals surface area contributed by atoms with Crippen LogP contribution in [-0.4, -0.2) is 42.6 Å². The van der Waals surface area contributed by atoms with Crippen LogP contribution in [0.15, 0.2) is 35.0 Å². The average Bonchev–Trinajstić information content (AvgIpc) is 3.03. The van der Waals surface area contributed by atoms with Crippen LogP contribution in [0.3, 0.4) is 0 Å². The van der Waals surface area contributed by atoms with E-state index in [4.69, 9.17) is 13.9 Å². The highest BCUT2D eigenvalue weighted by molar-refractivity contribution is 14.1. The summed E-state index contributed by atoms with van der Waals surface area (Å²) >= 11 is 2.00. The number of pyridine rings is 1. The number of nitrogens with zero attached hydrogens (tertiary/aromatic N) is 2. The standard InChI is InChI=1S/C19H17FIN3O5/c1-4-27-19(26)28-14-9-22-8-11-15(17(29-16(11)14)18(25)24(2)3)23-13-6-5-10(21)7-12(13)20/h5-9,23H,4H2,1-3H3. The summed E-state index contributed by atoms with van der Waals surface area (Å²) in [6.07, 6.45) is 1.76. The second-order valence-electron chi connectivity index (χ2n) is 6.05. The number of carbonyl (C=O) groups is 2. The summed E-state index contributed by atoms with van der Waals surface area (Å²) in [4.78, 5) is 29.7. The number of anilines is 2. The fourth-order valence-corrected chi connectivity index (χ4v) is 2.95. The molecule has 0 aliphatic heterocycles. The van der Waals surface area contributed by atoms with Crippen molar-refractivity contribution < 1.29 is 27.9 Å². The van der Waals surface area contributed by atoms with Gasteiger partial charge in [0.1, 0.15) is 11.5 Å². The van der Waals surface area contributed by atoms with Crippen LogP contribution in [0.2, 0.25) is 0 Å². The number of carbonyl (C=O) groups excluding carboxylic acids is 2. The number of hydrogen-bond donors (Lipinski definition) is 1. The number of amides is 1. The van der Waals surface area contributed by atoms with Crippen molar-refractivity contribution in [2.24, 2.45) is 0 Å². The zero-order valence-corrected chi connectivity index (χ0v) is 17.9. The van der Waals surface area contributed by atoms with Crippen molar-refractivity contribution in [2.45, 2.75) is 6.92 Å². The van der Waals surface area contributed by atoms with E-state index in [9.17, 15) is 14.0 Å². The monoisotopic (exact) mass is 513 g/mol. The van der Waals surface area contributed by atoms with Crippen molar-refractivity contribution in [3.63, 3.8) is 0 Å². The van der Waals surface area contributed by atoms with Gasteiger partial charge in [0, 0.05) is 23.9 Å². The maximum absolute atomic E-state index is 14.4. The maximum Gasteiger partial charge on any atom is 0.514 e. The van der Waals surface area contributed by atoms with Gasteiger partial charge < -0.3 is 24.1 Å². The number of rotatable bonds is 5. The highest BCUT2D eigenvalue weighted by atomic mass is 127. The number of benzene rings is 1. The van der Waals surface area contributed by atoms with Gasteiger partial charge in [-0.15, -0.1) is 0 Å². The minimum Gasteiger partial charge on any atom is -0.445 e. The van der Waals surface area contributed by atoms with E-state index in [1.54, 1.807) is 33.2 Å². The summed E-state index contributed by atoms with van der Waals surface area (Å²) in [6, 6.07) is 4.62. The molecule has 10 heteroatoms. The molecule has 3 rings (SSSR count). The van der Waals surface area contributed by atoms with Crippen LogP contribution in [0.25, 0.3) is 11.0 Å². The molecular formula is C19H17FIN3O5. The maximum atomic E-state index is 14.4. The first-order valence-corrected chi connectivity index (χ1v) is 9.58. The number of ether oxygens (including phenoxy) is 2. The van der Waals surface area contributed by atoms with E-state index >= 15 is 0 Å². The first-order chi connectivity index (χ1) is 13.8. The van der Waals surface area contributed by atoms with Crippen LogP contribution in [0.4, 0.5) is 20.6 Å². The van der Waals surface area contributed by atoms with E-state index in [1.807, 2.05) is 22.6 Å². The molecule has 0 radical (unpaired) electrons. The molecule has 2 heterocycles. The largest absolute Gasteiger partial charge is 0.514 e. The van der Waals surface area contributed by atoms with Gasteiger partial charge in [-0.05, 0) is 47.7 Å². The summed E-state index contributed by atoms with van der Waals surface area (Å²) in [7, 11) is 3.11. The molecule has 0 aliphatic rings. The lowest BCUT2D eigenvalue weighted by molar-refractivity contribution is 0.0800. The lowest BCUT2D eigenvalue weighted by Crippen LogP contribution is -2.22. The minimum absolute atomic E-state index is 0.0233. The summed E-state index contributed by atoms with van der Waals surface area (Å²) in [5, 5.41) is 3.24. The Kier molecular flexibility index (Phi) is 6.20. The molecule has 2 aromatic heterocycles. The molecule has 0 fully saturated rings. The van der Waals surface area contributed by atoms with Crippen LogP contribution in [0.5, 0.6) is 5.75 Å². The minimum atomic E-state index is -0.933. The number of fused-ring (bicyclic) bond motifs is 1. The summed E-state index contributed by atoms with van der Waals surface area (Å²) in [6.45, 7) is 1.77. The molecular weight excluding hydrogens is 496 g/mol. The van der Waals surface area contributed by atoms with Crippen LogP contribution in [-0.2, 0) is 4.74 Å². The topological polar surface area (TPSA) is 93.9 Å². The fraction of sp³-hybridized carbons (Fsp3) is 0.211. The van der Waals surface area contributed by atoms with Crippen molar-refractivity contribution in [2.75, 3.05) is 26.0 Å². The van der Waals surface area contributed by atoms with Gasteiger partial charge in [0.15, 0.2) is 11.3 Å². The molecule has 0 bridgehead atoms. The predicted octanol–water partition coefficient (Wildman–Crippen LogP) is 4.55. The third-order valence-corrected chi connectivity index (χ3v) is 4.48. The predicted molar refractivity (Wildman–Crippen MR) is 112 cm³/mol. The number of furan rings is 1. The second-order valence-corrected chi connectivity index (χ2v) is 7.30. The highest BCUT2D eigenvalue weighted by Gasteiger charge is 2.26. The Hall–Kier alpha value is -2.89. The van der Waals surface area contributed by atoms with Crippen molar-refractivity contribution in [3.05, 3.63) is 45.7 Å². The molecule has 3 aromatic rings. The van der Waals surface area contributed by atoms with Crippen LogP contribution in [0, 0.1) is 9.39 Å². The molecule has 1 N–H and O–H groups in total. The van der Waals surface area contributed by atoms with E-state index in [1.165, 1.54) is 23.4 Å². The first kappa shape index (κ1) is 20.8. The van der Waals surface area contributed by atoms with Crippen molar-refractivity contribution >= 4 is 57.0 Å². The van der Waals surface area contributed by atoms with Gasteiger partial charge >= 0.3 is 6.16 Å². The Morgan fingerprint density at radius 1 is 1.31 bits per heavy atom. The highest BCUT2D eigenvalue weighted by Crippen LogP contribution is 2.38. The first-order valence-electron chi connectivity index (χ1n) is 8.50. The third-order valence-electron chi connectivity index (χ3n) is 3.81. The molecule has 0 saturated carbocycles. The SMILES string of the molecule is CCOC(=O)Oc1cncc2c(Nc3ccc(I)cc3F)c(C(=O)N(C)C)oc12. The lowest BCUT2D eigenvalue weighted by atomic mass is 10.2. The summed E-state index contributed by atoms with van der Waals surface area (Å²) < 4.78 is 30.7. The van der Waals surface area contributed by atoms with Gasteiger partial charge in [0.2, 0.25) is 5.76 Å². The summed E-state index contributed by atoms with van der Waals surface area (Å²) in [5.74, 6) is -1.06. The van der Waals surface area contributed by atoms with E-state index in [-0.39, 0.29) is 35.1 Å². The van der Waals surface area contributed by atoms with E-state index in [0.717, 1.165) is 3.57 Å². The van der Waals surface area contributed by atoms with Gasteiger partial charge in [-0.1, -0.05) is 0 Å². The van der Waals surface area contributed by atoms with Gasteiger partial charge in [0.05, 0.1) is 23.9 Å². The molecule has 0 aliphatic carbocycles. The van der Waals surface area contributed by atoms with Crippen molar-refractivity contribution in [1.82, 2.24) is 9.88 Å². The zero-order valence-electron chi connectivity index (χ0n) is 15.8. The van der Waals surface area contributed by atoms with Gasteiger partial charge in [-0.25, -0.2) is 9.18 Å². The van der Waals surface area contributed by atoms with Gasteiger partial charge in [0.25, 0.3) is 5.91 Å². The molecule has 8 nitrogen and oxygen atoms in total. The Bertz CT molecular complexity index is 1080. The van der Waals surface area contributed by atoms with Crippen molar-refractivity contribution in [3.8, 4) is 5.75 Å². The normalized spacial score (nSPS) is 10.7. The molecule has 0 saturated heterocycles. The Morgan fingerprint density at radius 3 is 2.72 bits per heavy atom. The van der Waals surface area contributed by atoms with Crippen molar-refractivity contribution in [1.29, 1.82) is 0 Å². The van der Waals surface area contributed by atoms with Crippen LogP contribution >= 0.6 is 22.6 Å². The Labute approximate surface area is 179 Å². The summed E-state index contributed by atoms with van der Waals surface area (Å²) in [5.41, 5.74) is 0.463. The average molecular weight is 513 g/mol. The number of hydrogen-bond acceptors (Lipinski definition) is 7. The van der Waals surface area contributed by atoms with Gasteiger partial charge in [-0.3, -0.25) is 9.78 Å². The number of aromatic nitrogens is 1. The van der Waals surface area contributed by atoms with Gasteiger partial charge in [-0.2, -0.15) is 0 Å². The fourth-order valence-electron chi connectivity index (χ4n) is 2.50. The molecule has 1 amide bonds. The Morgan fingerprint density at radius 2 is 2.07 bits per heavy atom. The smallest absolute Gasteiger partial charge is 0.445 e. The molecule has 0 unspecified atom stereocenters. The van der Waals surface area contributed by atoms with E-state index in [2.05, 4.69) is 10.3 Å². The molecule has 1 aromatic carbocycles. The van der Waals surface area contributed by atoms with Crippen LogP contribution in [0.1, 0.15) is 17.5 Å².